The first-order chi connectivity index (χ1) is 9.76. The SMILES string of the molecule is CCOC(=O)C1CCCN(Cc2cn3ccsc3n2)C1. The number of hydrogen-bond acceptors (Lipinski definition) is 5. The molecule has 1 unspecified atom stereocenters. The van der Waals surface area contributed by atoms with Crippen molar-refractivity contribution in [1.82, 2.24) is 14.3 Å². The predicted molar refractivity (Wildman–Crippen MR) is 77.7 cm³/mol. The Morgan fingerprint density at radius 2 is 2.50 bits per heavy atom. The molecule has 20 heavy (non-hydrogen) atoms. The molecule has 0 N–H and O–H groups in total. The third kappa shape index (κ3) is 2.86. The number of thiazole rings is 1. The van der Waals surface area contributed by atoms with Crippen LogP contribution in [-0.4, -0.2) is 40.0 Å². The molecule has 5 nitrogen and oxygen atoms in total. The highest BCUT2D eigenvalue weighted by molar-refractivity contribution is 7.15. The van der Waals surface area contributed by atoms with Gasteiger partial charge in [-0.15, -0.1) is 11.3 Å². The Hall–Kier alpha value is -1.40. The lowest BCUT2D eigenvalue weighted by molar-refractivity contribution is -0.150. The maximum absolute atomic E-state index is 11.8. The largest absolute Gasteiger partial charge is 0.466 e. The van der Waals surface area contributed by atoms with E-state index in [4.69, 9.17) is 4.74 Å². The van der Waals surface area contributed by atoms with Crippen molar-refractivity contribution in [3.8, 4) is 0 Å². The molecule has 2 aromatic rings. The standard InChI is InChI=1S/C14H19N3O2S/c1-2-19-13(18)11-4-3-5-16(8-11)9-12-10-17-6-7-20-14(17)15-12/h6-7,10-11H,2-5,8-9H2,1H3. The van der Waals surface area contributed by atoms with Crippen LogP contribution in [0.5, 0.6) is 0 Å². The average Bonchev–Trinajstić information content (AvgIpc) is 3.00. The highest BCUT2D eigenvalue weighted by Crippen LogP contribution is 2.20. The predicted octanol–water partition coefficient (Wildman–Crippen LogP) is 2.17. The number of fused-ring (bicyclic) bond motifs is 1. The van der Waals surface area contributed by atoms with Crippen molar-refractivity contribution in [3.05, 3.63) is 23.5 Å². The van der Waals surface area contributed by atoms with E-state index in [1.54, 1.807) is 11.3 Å². The molecule has 2 aromatic heterocycles. The third-order valence-corrected chi connectivity index (χ3v) is 4.42. The molecular weight excluding hydrogens is 274 g/mol. The van der Waals surface area contributed by atoms with Crippen LogP contribution < -0.4 is 0 Å². The lowest BCUT2D eigenvalue weighted by Gasteiger charge is -2.30. The molecule has 0 saturated carbocycles. The fraction of sp³-hybridized carbons (Fsp3) is 0.571. The number of hydrogen-bond donors (Lipinski definition) is 0. The van der Waals surface area contributed by atoms with Crippen molar-refractivity contribution in [2.45, 2.75) is 26.3 Å². The van der Waals surface area contributed by atoms with Crippen LogP contribution in [0, 0.1) is 5.92 Å². The number of aromatic nitrogens is 2. The van der Waals surface area contributed by atoms with Crippen LogP contribution in [0.1, 0.15) is 25.5 Å². The number of piperidine rings is 1. The van der Waals surface area contributed by atoms with Crippen LogP contribution in [0.15, 0.2) is 17.8 Å². The van der Waals surface area contributed by atoms with Gasteiger partial charge >= 0.3 is 5.97 Å². The third-order valence-electron chi connectivity index (χ3n) is 3.65. The molecule has 1 aliphatic heterocycles. The van der Waals surface area contributed by atoms with E-state index in [0.29, 0.717) is 6.61 Å². The lowest BCUT2D eigenvalue weighted by Crippen LogP contribution is -2.39. The summed E-state index contributed by atoms with van der Waals surface area (Å²) in [5, 5.41) is 2.03. The molecule has 0 aliphatic carbocycles. The number of esters is 1. The summed E-state index contributed by atoms with van der Waals surface area (Å²) >= 11 is 1.64. The van der Waals surface area contributed by atoms with E-state index < -0.39 is 0 Å². The van der Waals surface area contributed by atoms with Crippen molar-refractivity contribution in [2.75, 3.05) is 19.7 Å². The van der Waals surface area contributed by atoms with Crippen LogP contribution in [0.2, 0.25) is 0 Å². The van der Waals surface area contributed by atoms with Crippen molar-refractivity contribution < 1.29 is 9.53 Å². The first-order valence-electron chi connectivity index (χ1n) is 7.06. The van der Waals surface area contributed by atoms with E-state index >= 15 is 0 Å². The Balaban J connectivity index is 1.62. The normalized spacial score (nSPS) is 20.4. The summed E-state index contributed by atoms with van der Waals surface area (Å²) < 4.78 is 7.18. The molecule has 0 radical (unpaired) electrons. The molecule has 3 rings (SSSR count). The van der Waals surface area contributed by atoms with Crippen molar-refractivity contribution in [2.24, 2.45) is 5.92 Å². The summed E-state index contributed by atoms with van der Waals surface area (Å²) in [5.41, 5.74) is 1.07. The molecule has 0 spiro atoms. The highest BCUT2D eigenvalue weighted by atomic mass is 32.1. The zero-order chi connectivity index (χ0) is 13.9. The van der Waals surface area contributed by atoms with Gasteiger partial charge in [0.2, 0.25) is 0 Å². The first-order valence-corrected chi connectivity index (χ1v) is 7.94. The maximum atomic E-state index is 11.8. The monoisotopic (exact) mass is 293 g/mol. The zero-order valence-corrected chi connectivity index (χ0v) is 12.4. The molecule has 1 saturated heterocycles. The van der Waals surface area contributed by atoms with E-state index in [9.17, 15) is 4.79 Å². The van der Waals surface area contributed by atoms with Gasteiger partial charge < -0.3 is 4.74 Å². The molecule has 0 amide bonds. The number of likely N-dealkylation sites (tertiary alicyclic amines) is 1. The van der Waals surface area contributed by atoms with E-state index in [0.717, 1.165) is 43.1 Å². The van der Waals surface area contributed by atoms with E-state index in [-0.39, 0.29) is 11.9 Å². The van der Waals surface area contributed by atoms with E-state index in [1.807, 2.05) is 22.9 Å². The fourth-order valence-electron chi connectivity index (χ4n) is 2.73. The zero-order valence-electron chi connectivity index (χ0n) is 11.6. The summed E-state index contributed by atoms with van der Waals surface area (Å²) in [7, 11) is 0. The lowest BCUT2D eigenvalue weighted by atomic mass is 9.98. The highest BCUT2D eigenvalue weighted by Gasteiger charge is 2.27. The summed E-state index contributed by atoms with van der Waals surface area (Å²) in [5.74, 6) is -0.0320. The molecule has 6 heteroatoms. The van der Waals surface area contributed by atoms with Crippen LogP contribution >= 0.6 is 11.3 Å². The van der Waals surface area contributed by atoms with E-state index in [2.05, 4.69) is 16.1 Å². The number of carbonyl (C=O) groups excluding carboxylic acids is 1. The molecule has 0 bridgehead atoms. The van der Waals surface area contributed by atoms with Crippen LogP contribution in [0.3, 0.4) is 0 Å². The van der Waals surface area contributed by atoms with Crippen molar-refractivity contribution in [1.29, 1.82) is 0 Å². The van der Waals surface area contributed by atoms with Gasteiger partial charge in [0.15, 0.2) is 4.96 Å². The number of rotatable bonds is 4. The number of imidazole rings is 1. The van der Waals surface area contributed by atoms with Crippen LogP contribution in [0.4, 0.5) is 0 Å². The summed E-state index contributed by atoms with van der Waals surface area (Å²) in [4.78, 5) is 19.8. The quantitative estimate of drug-likeness (QED) is 0.811. The molecule has 108 valence electrons. The number of nitrogens with zero attached hydrogens (tertiary/aromatic N) is 3. The molecule has 3 heterocycles. The van der Waals surface area contributed by atoms with Gasteiger partial charge in [0.05, 0.1) is 18.2 Å². The van der Waals surface area contributed by atoms with Gasteiger partial charge in [-0.05, 0) is 26.3 Å². The van der Waals surface area contributed by atoms with E-state index in [1.165, 1.54) is 0 Å². The van der Waals surface area contributed by atoms with Gasteiger partial charge in [-0.3, -0.25) is 14.1 Å². The number of carbonyl (C=O) groups is 1. The minimum absolute atomic E-state index is 0.0208. The van der Waals surface area contributed by atoms with Crippen molar-refractivity contribution in [3.63, 3.8) is 0 Å². The minimum Gasteiger partial charge on any atom is -0.466 e. The van der Waals surface area contributed by atoms with Gasteiger partial charge in [-0.25, -0.2) is 4.98 Å². The summed E-state index contributed by atoms with van der Waals surface area (Å²) in [6.45, 7) is 4.94. The Bertz CT molecular complexity index is 564. The Morgan fingerprint density at radius 1 is 1.60 bits per heavy atom. The van der Waals surface area contributed by atoms with Gasteiger partial charge in [0, 0.05) is 30.9 Å². The Labute approximate surface area is 122 Å². The first kappa shape index (κ1) is 13.6. The van der Waals surface area contributed by atoms with Gasteiger partial charge in [0.1, 0.15) is 0 Å². The van der Waals surface area contributed by atoms with Gasteiger partial charge in [-0.2, -0.15) is 0 Å². The number of ether oxygens (including phenoxy) is 1. The molecule has 1 fully saturated rings. The second kappa shape index (κ2) is 5.93. The molecule has 1 aliphatic rings. The van der Waals surface area contributed by atoms with Crippen LogP contribution in [-0.2, 0) is 16.1 Å². The fourth-order valence-corrected chi connectivity index (χ4v) is 3.45. The molecular formula is C14H19N3O2S. The summed E-state index contributed by atoms with van der Waals surface area (Å²) in [6.07, 6.45) is 6.08. The maximum Gasteiger partial charge on any atom is 0.310 e. The average molecular weight is 293 g/mol. The van der Waals surface area contributed by atoms with Gasteiger partial charge in [0.25, 0.3) is 0 Å². The summed E-state index contributed by atoms with van der Waals surface area (Å²) in [6, 6.07) is 0. The second-order valence-electron chi connectivity index (χ2n) is 5.15. The van der Waals surface area contributed by atoms with Gasteiger partial charge in [-0.1, -0.05) is 0 Å². The Morgan fingerprint density at radius 3 is 3.30 bits per heavy atom. The van der Waals surface area contributed by atoms with Crippen LogP contribution in [0.25, 0.3) is 4.96 Å². The van der Waals surface area contributed by atoms with Crippen molar-refractivity contribution >= 4 is 22.3 Å². The molecule has 1 atom stereocenters. The minimum atomic E-state index is -0.0528. The molecule has 0 aromatic carbocycles. The smallest absolute Gasteiger partial charge is 0.310 e. The second-order valence-corrected chi connectivity index (χ2v) is 6.02. The topological polar surface area (TPSA) is 46.8 Å². The Kier molecular flexibility index (Phi) is 4.03.